The predicted molar refractivity (Wildman–Crippen MR) is 77.7 cm³/mol. The van der Waals surface area contributed by atoms with E-state index in [1.807, 2.05) is 38.4 Å². The van der Waals surface area contributed by atoms with Gasteiger partial charge in [-0.3, -0.25) is 9.69 Å². The van der Waals surface area contributed by atoms with E-state index in [1.54, 1.807) is 0 Å². The Bertz CT molecular complexity index is 419. The van der Waals surface area contributed by atoms with Gasteiger partial charge in [0.25, 0.3) is 0 Å². The SMILES string of the molecule is CN(C)C1(C(=O)Cc2ccc(Br)cc2)CCCC1. The molecule has 1 aliphatic rings. The van der Waals surface area contributed by atoms with Gasteiger partial charge in [0.15, 0.2) is 5.78 Å². The number of nitrogens with zero attached hydrogens (tertiary/aromatic N) is 1. The van der Waals surface area contributed by atoms with Crippen LogP contribution in [0, 0.1) is 0 Å². The first kappa shape index (κ1) is 13.8. The number of likely N-dealkylation sites (N-methyl/N-ethyl adjacent to an activating group) is 1. The van der Waals surface area contributed by atoms with E-state index in [2.05, 4.69) is 20.8 Å². The van der Waals surface area contributed by atoms with Gasteiger partial charge in [-0.05, 0) is 44.6 Å². The third kappa shape index (κ3) is 2.67. The third-order valence-corrected chi connectivity index (χ3v) is 4.61. The van der Waals surface area contributed by atoms with E-state index < -0.39 is 0 Å². The smallest absolute Gasteiger partial charge is 0.157 e. The number of benzene rings is 1. The highest BCUT2D eigenvalue weighted by Gasteiger charge is 2.42. The molecule has 0 amide bonds. The number of halogens is 1. The molecule has 0 aliphatic heterocycles. The molecule has 0 radical (unpaired) electrons. The maximum Gasteiger partial charge on any atom is 0.157 e. The second-order valence-electron chi connectivity index (χ2n) is 5.36. The summed E-state index contributed by atoms with van der Waals surface area (Å²) in [7, 11) is 4.07. The number of ketones is 1. The fraction of sp³-hybridized carbons (Fsp3) is 0.533. The molecule has 2 rings (SSSR count). The predicted octanol–water partition coefficient (Wildman–Crippen LogP) is 3.44. The Morgan fingerprint density at radius 3 is 2.28 bits per heavy atom. The lowest BCUT2D eigenvalue weighted by Gasteiger charge is -2.34. The van der Waals surface area contributed by atoms with Crippen LogP contribution in [0.1, 0.15) is 31.2 Å². The molecule has 0 spiro atoms. The summed E-state index contributed by atoms with van der Waals surface area (Å²) in [4.78, 5) is 14.7. The lowest BCUT2D eigenvalue weighted by atomic mass is 9.87. The number of carbonyl (C=O) groups excluding carboxylic acids is 1. The Labute approximate surface area is 117 Å². The number of hydrogen-bond acceptors (Lipinski definition) is 2. The average Bonchev–Trinajstić information content (AvgIpc) is 2.82. The second kappa shape index (κ2) is 5.54. The van der Waals surface area contributed by atoms with Gasteiger partial charge in [0.1, 0.15) is 0 Å². The molecule has 1 aromatic carbocycles. The number of Topliss-reactive ketones (excluding diaryl/α,β-unsaturated/α-hetero) is 1. The van der Waals surface area contributed by atoms with E-state index >= 15 is 0 Å². The Balaban J connectivity index is 2.13. The van der Waals surface area contributed by atoms with Crippen LogP contribution in [0.2, 0.25) is 0 Å². The van der Waals surface area contributed by atoms with Gasteiger partial charge >= 0.3 is 0 Å². The maximum absolute atomic E-state index is 12.6. The van der Waals surface area contributed by atoms with Gasteiger partial charge in [0, 0.05) is 10.9 Å². The summed E-state index contributed by atoms with van der Waals surface area (Å²) >= 11 is 3.42. The van der Waals surface area contributed by atoms with Gasteiger partial charge < -0.3 is 0 Å². The first-order valence-corrected chi connectivity index (χ1v) is 7.29. The van der Waals surface area contributed by atoms with Crippen molar-refractivity contribution in [3.8, 4) is 0 Å². The fourth-order valence-corrected chi connectivity index (χ4v) is 3.15. The molecule has 98 valence electrons. The van der Waals surface area contributed by atoms with E-state index in [-0.39, 0.29) is 5.54 Å². The van der Waals surface area contributed by atoms with Gasteiger partial charge in [-0.1, -0.05) is 40.9 Å². The summed E-state index contributed by atoms with van der Waals surface area (Å²) in [5.41, 5.74) is 0.893. The van der Waals surface area contributed by atoms with Crippen molar-refractivity contribution < 1.29 is 4.79 Å². The van der Waals surface area contributed by atoms with Crippen LogP contribution in [0.4, 0.5) is 0 Å². The first-order chi connectivity index (χ1) is 8.54. The molecule has 0 saturated heterocycles. The minimum Gasteiger partial charge on any atom is -0.297 e. The minimum atomic E-state index is -0.215. The van der Waals surface area contributed by atoms with Crippen molar-refractivity contribution in [1.29, 1.82) is 0 Å². The normalized spacial score (nSPS) is 18.2. The van der Waals surface area contributed by atoms with Crippen LogP contribution in [-0.2, 0) is 11.2 Å². The molecule has 0 bridgehead atoms. The van der Waals surface area contributed by atoms with E-state index in [4.69, 9.17) is 0 Å². The molecule has 0 aromatic heterocycles. The van der Waals surface area contributed by atoms with Crippen molar-refractivity contribution in [2.45, 2.75) is 37.6 Å². The van der Waals surface area contributed by atoms with Crippen LogP contribution in [0.15, 0.2) is 28.7 Å². The molecular weight excluding hydrogens is 290 g/mol. The summed E-state index contributed by atoms with van der Waals surface area (Å²) in [6.07, 6.45) is 4.91. The molecule has 0 unspecified atom stereocenters. The summed E-state index contributed by atoms with van der Waals surface area (Å²) in [5, 5.41) is 0. The molecule has 2 nitrogen and oxygen atoms in total. The van der Waals surface area contributed by atoms with Gasteiger partial charge in [0.2, 0.25) is 0 Å². The van der Waals surface area contributed by atoms with E-state index in [0.717, 1.165) is 22.9 Å². The van der Waals surface area contributed by atoms with Crippen LogP contribution >= 0.6 is 15.9 Å². The van der Waals surface area contributed by atoms with Gasteiger partial charge in [-0.2, -0.15) is 0 Å². The average molecular weight is 310 g/mol. The summed E-state index contributed by atoms with van der Waals surface area (Å²) in [5.74, 6) is 0.368. The summed E-state index contributed by atoms with van der Waals surface area (Å²) < 4.78 is 1.06. The van der Waals surface area contributed by atoms with Crippen LogP contribution in [0.25, 0.3) is 0 Å². The quantitative estimate of drug-likeness (QED) is 0.849. The van der Waals surface area contributed by atoms with E-state index in [0.29, 0.717) is 12.2 Å². The second-order valence-corrected chi connectivity index (χ2v) is 6.28. The van der Waals surface area contributed by atoms with Gasteiger partial charge in [0.05, 0.1) is 5.54 Å². The Morgan fingerprint density at radius 2 is 1.78 bits per heavy atom. The lowest BCUT2D eigenvalue weighted by molar-refractivity contribution is -0.128. The minimum absolute atomic E-state index is 0.215. The molecule has 0 heterocycles. The van der Waals surface area contributed by atoms with Crippen LogP contribution in [0.3, 0.4) is 0 Å². The van der Waals surface area contributed by atoms with Crippen molar-refractivity contribution in [1.82, 2.24) is 4.90 Å². The van der Waals surface area contributed by atoms with Crippen molar-refractivity contribution in [3.63, 3.8) is 0 Å². The largest absolute Gasteiger partial charge is 0.297 e. The zero-order valence-electron chi connectivity index (χ0n) is 11.1. The van der Waals surface area contributed by atoms with Crippen molar-refractivity contribution in [2.24, 2.45) is 0 Å². The van der Waals surface area contributed by atoms with Crippen LogP contribution < -0.4 is 0 Å². The molecule has 3 heteroatoms. The number of carbonyl (C=O) groups is 1. The molecule has 1 saturated carbocycles. The zero-order valence-corrected chi connectivity index (χ0v) is 12.7. The standard InChI is InChI=1S/C15H20BrNO/c1-17(2)15(9-3-4-10-15)14(18)11-12-5-7-13(16)8-6-12/h5-8H,3-4,9-11H2,1-2H3. The molecule has 0 N–H and O–H groups in total. The monoisotopic (exact) mass is 309 g/mol. The van der Waals surface area contributed by atoms with Crippen LogP contribution in [0.5, 0.6) is 0 Å². The third-order valence-electron chi connectivity index (χ3n) is 4.08. The van der Waals surface area contributed by atoms with Crippen molar-refractivity contribution >= 4 is 21.7 Å². The Hall–Kier alpha value is -0.670. The Kier molecular flexibility index (Phi) is 4.23. The van der Waals surface area contributed by atoms with Crippen molar-refractivity contribution in [3.05, 3.63) is 34.3 Å². The summed E-state index contributed by atoms with van der Waals surface area (Å²) in [6, 6.07) is 8.06. The number of hydrogen-bond donors (Lipinski definition) is 0. The molecule has 18 heavy (non-hydrogen) atoms. The van der Waals surface area contributed by atoms with Gasteiger partial charge in [-0.25, -0.2) is 0 Å². The topological polar surface area (TPSA) is 20.3 Å². The highest BCUT2D eigenvalue weighted by atomic mass is 79.9. The van der Waals surface area contributed by atoms with Crippen LogP contribution in [-0.4, -0.2) is 30.3 Å². The van der Waals surface area contributed by atoms with Crippen molar-refractivity contribution in [2.75, 3.05) is 14.1 Å². The van der Waals surface area contributed by atoms with E-state index in [9.17, 15) is 4.79 Å². The van der Waals surface area contributed by atoms with E-state index in [1.165, 1.54) is 12.8 Å². The molecule has 1 aromatic rings. The highest BCUT2D eigenvalue weighted by Crippen LogP contribution is 2.35. The van der Waals surface area contributed by atoms with Gasteiger partial charge in [-0.15, -0.1) is 0 Å². The first-order valence-electron chi connectivity index (χ1n) is 6.50. The molecule has 1 aliphatic carbocycles. The summed E-state index contributed by atoms with van der Waals surface area (Å²) in [6.45, 7) is 0. The lowest BCUT2D eigenvalue weighted by Crippen LogP contribution is -2.49. The molecule has 0 atom stereocenters. The number of rotatable bonds is 4. The maximum atomic E-state index is 12.6. The Morgan fingerprint density at radius 1 is 1.22 bits per heavy atom. The zero-order chi connectivity index (χ0) is 13.2. The fourth-order valence-electron chi connectivity index (χ4n) is 2.89. The molecule has 1 fully saturated rings. The highest BCUT2D eigenvalue weighted by molar-refractivity contribution is 9.10. The molecular formula is C15H20BrNO.